The van der Waals surface area contributed by atoms with Gasteiger partial charge in [-0.3, -0.25) is 0 Å². The highest BCUT2D eigenvalue weighted by atomic mass is 16.5. The fourth-order valence-electron chi connectivity index (χ4n) is 2.99. The highest BCUT2D eigenvalue weighted by molar-refractivity contribution is 5.95. The van der Waals surface area contributed by atoms with Crippen molar-refractivity contribution in [3.05, 3.63) is 35.4 Å². The van der Waals surface area contributed by atoms with Gasteiger partial charge in [0.05, 0.1) is 12.6 Å². The summed E-state index contributed by atoms with van der Waals surface area (Å²) in [5.41, 5.74) is 2.39. The van der Waals surface area contributed by atoms with Gasteiger partial charge < -0.3 is 14.5 Å². The summed E-state index contributed by atoms with van der Waals surface area (Å²) >= 11 is 0. The first-order valence-corrected chi connectivity index (χ1v) is 7.48. The summed E-state index contributed by atoms with van der Waals surface area (Å²) in [5, 5.41) is 3.46. The Morgan fingerprint density at radius 2 is 2.29 bits per heavy atom. The van der Waals surface area contributed by atoms with Gasteiger partial charge in [0.1, 0.15) is 5.82 Å². The van der Waals surface area contributed by atoms with Crippen molar-refractivity contribution in [1.29, 1.82) is 0 Å². The first-order valence-electron chi connectivity index (χ1n) is 7.48. The number of nitrogens with zero attached hydrogens (tertiary/aromatic N) is 2. The molecule has 2 aromatic heterocycles. The van der Waals surface area contributed by atoms with E-state index < -0.39 is 0 Å². The molecule has 0 amide bonds. The number of rotatable bonds is 2. The smallest absolute Gasteiger partial charge is 0.358 e. The lowest BCUT2D eigenvalue weighted by molar-refractivity contribution is 0.0596. The molecule has 112 valence electrons. The minimum absolute atomic E-state index is 0.334. The van der Waals surface area contributed by atoms with Crippen LogP contribution in [0.2, 0.25) is 0 Å². The summed E-state index contributed by atoms with van der Waals surface area (Å²) in [4.78, 5) is 16.6. The first-order chi connectivity index (χ1) is 10.2. The monoisotopic (exact) mass is 287 g/mol. The summed E-state index contributed by atoms with van der Waals surface area (Å²) in [5.74, 6) is 0.924. The van der Waals surface area contributed by atoms with E-state index in [1.54, 1.807) is 0 Å². The molecule has 2 aromatic rings. The second kappa shape index (κ2) is 5.85. The van der Waals surface area contributed by atoms with Gasteiger partial charge in [-0.15, -0.1) is 0 Å². The Hall–Kier alpha value is -1.88. The number of imidazole rings is 1. The van der Waals surface area contributed by atoms with E-state index in [1.165, 1.54) is 20.0 Å². The lowest BCUT2D eigenvalue weighted by Gasteiger charge is -2.13. The number of methoxy groups -OCH3 is 1. The third-order valence-electron chi connectivity index (χ3n) is 4.10. The van der Waals surface area contributed by atoms with Crippen molar-refractivity contribution in [2.24, 2.45) is 0 Å². The van der Waals surface area contributed by atoms with E-state index in [-0.39, 0.29) is 5.97 Å². The van der Waals surface area contributed by atoms with Gasteiger partial charge in [0.2, 0.25) is 0 Å². The molecule has 0 aromatic carbocycles. The average molecular weight is 287 g/mol. The van der Waals surface area contributed by atoms with Gasteiger partial charge in [-0.05, 0) is 37.9 Å². The third kappa shape index (κ3) is 2.65. The zero-order valence-electron chi connectivity index (χ0n) is 12.6. The molecule has 1 aliphatic rings. The van der Waals surface area contributed by atoms with E-state index in [9.17, 15) is 4.79 Å². The zero-order chi connectivity index (χ0) is 14.8. The molecule has 0 radical (unpaired) electrons. The van der Waals surface area contributed by atoms with E-state index in [0.717, 1.165) is 36.4 Å². The number of nitrogens with one attached hydrogen (secondary N) is 1. The summed E-state index contributed by atoms with van der Waals surface area (Å²) in [6.45, 7) is 4.02. The van der Waals surface area contributed by atoms with Crippen molar-refractivity contribution >= 4 is 11.5 Å². The van der Waals surface area contributed by atoms with E-state index >= 15 is 0 Å². The maximum absolute atomic E-state index is 12.0. The summed E-state index contributed by atoms with van der Waals surface area (Å²) in [6, 6.07) is 3.95. The van der Waals surface area contributed by atoms with Crippen LogP contribution in [-0.2, 0) is 4.74 Å². The van der Waals surface area contributed by atoms with Crippen molar-refractivity contribution in [2.45, 2.75) is 32.1 Å². The number of hydrogen-bond donors (Lipinski definition) is 1. The SMILES string of the molecule is COC(=O)c1nc(C2CCCCNC2)n2cc(C)ccc12. The largest absolute Gasteiger partial charge is 0.464 e. The molecule has 1 aliphatic heterocycles. The Morgan fingerprint density at radius 1 is 1.43 bits per heavy atom. The van der Waals surface area contributed by atoms with Crippen molar-refractivity contribution < 1.29 is 9.53 Å². The van der Waals surface area contributed by atoms with Crippen LogP contribution in [-0.4, -0.2) is 35.6 Å². The maximum Gasteiger partial charge on any atom is 0.358 e. The van der Waals surface area contributed by atoms with Crippen LogP contribution >= 0.6 is 0 Å². The van der Waals surface area contributed by atoms with Gasteiger partial charge in [-0.1, -0.05) is 12.5 Å². The molecule has 0 saturated carbocycles. The maximum atomic E-state index is 12.0. The lowest BCUT2D eigenvalue weighted by atomic mass is 10.0. The van der Waals surface area contributed by atoms with Gasteiger partial charge in [0, 0.05) is 18.7 Å². The number of pyridine rings is 1. The molecule has 1 saturated heterocycles. The fraction of sp³-hybridized carbons (Fsp3) is 0.500. The Labute approximate surface area is 124 Å². The third-order valence-corrected chi connectivity index (χ3v) is 4.10. The van der Waals surface area contributed by atoms with Crippen LogP contribution in [0.4, 0.5) is 0 Å². The number of hydrogen-bond acceptors (Lipinski definition) is 4. The van der Waals surface area contributed by atoms with Crippen LogP contribution in [0.15, 0.2) is 18.3 Å². The number of carbonyl (C=O) groups is 1. The molecule has 0 spiro atoms. The highest BCUT2D eigenvalue weighted by Gasteiger charge is 2.24. The zero-order valence-corrected chi connectivity index (χ0v) is 12.6. The van der Waals surface area contributed by atoms with Gasteiger partial charge in [-0.25, -0.2) is 9.78 Å². The second-order valence-corrected chi connectivity index (χ2v) is 5.67. The molecule has 1 atom stereocenters. The Kier molecular flexibility index (Phi) is 3.92. The van der Waals surface area contributed by atoms with Crippen LogP contribution in [0.1, 0.15) is 47.1 Å². The minimum Gasteiger partial charge on any atom is -0.464 e. The number of esters is 1. The van der Waals surface area contributed by atoms with Gasteiger partial charge in [0.15, 0.2) is 5.69 Å². The number of fused-ring (bicyclic) bond motifs is 1. The molecule has 5 heteroatoms. The van der Waals surface area contributed by atoms with Crippen LogP contribution in [0.5, 0.6) is 0 Å². The number of ether oxygens (including phenoxy) is 1. The van der Waals surface area contributed by atoms with Crippen molar-refractivity contribution in [1.82, 2.24) is 14.7 Å². The van der Waals surface area contributed by atoms with E-state index in [1.807, 2.05) is 19.1 Å². The van der Waals surface area contributed by atoms with Crippen molar-refractivity contribution in [3.63, 3.8) is 0 Å². The molecular weight excluding hydrogens is 266 g/mol. The lowest BCUT2D eigenvalue weighted by Crippen LogP contribution is -2.20. The average Bonchev–Trinajstić information content (AvgIpc) is 2.68. The Morgan fingerprint density at radius 3 is 3.10 bits per heavy atom. The predicted molar refractivity (Wildman–Crippen MR) is 80.7 cm³/mol. The Bertz CT molecular complexity index is 655. The molecule has 1 fully saturated rings. The predicted octanol–water partition coefficient (Wildman–Crippen LogP) is 2.29. The number of aryl methyl sites for hydroxylation is 1. The molecule has 5 nitrogen and oxygen atoms in total. The van der Waals surface area contributed by atoms with Crippen LogP contribution in [0.3, 0.4) is 0 Å². The van der Waals surface area contributed by atoms with Gasteiger partial charge in [-0.2, -0.15) is 0 Å². The van der Waals surface area contributed by atoms with Gasteiger partial charge >= 0.3 is 5.97 Å². The van der Waals surface area contributed by atoms with E-state index in [0.29, 0.717) is 11.6 Å². The molecular formula is C16H21N3O2. The van der Waals surface area contributed by atoms with Crippen LogP contribution < -0.4 is 5.32 Å². The number of carbonyl (C=O) groups excluding carboxylic acids is 1. The standard InChI is InChI=1S/C16H21N3O2/c1-11-6-7-13-14(16(20)21-2)18-15(19(13)10-11)12-5-3-4-8-17-9-12/h6-7,10,12,17H,3-5,8-9H2,1-2H3. The minimum atomic E-state index is -0.371. The van der Waals surface area contributed by atoms with Crippen LogP contribution in [0, 0.1) is 6.92 Å². The molecule has 0 aliphatic carbocycles. The quantitative estimate of drug-likeness (QED) is 0.861. The number of aromatic nitrogens is 2. The molecule has 0 bridgehead atoms. The summed E-state index contributed by atoms with van der Waals surface area (Å²) in [7, 11) is 1.40. The van der Waals surface area contributed by atoms with Crippen molar-refractivity contribution in [2.75, 3.05) is 20.2 Å². The molecule has 3 rings (SSSR count). The first kappa shape index (κ1) is 14.1. The Balaban J connectivity index is 2.12. The topological polar surface area (TPSA) is 55.6 Å². The normalized spacial score (nSPS) is 19.4. The van der Waals surface area contributed by atoms with E-state index in [2.05, 4.69) is 20.9 Å². The van der Waals surface area contributed by atoms with Crippen LogP contribution in [0.25, 0.3) is 5.52 Å². The van der Waals surface area contributed by atoms with E-state index in [4.69, 9.17) is 4.74 Å². The molecule has 21 heavy (non-hydrogen) atoms. The molecule has 1 unspecified atom stereocenters. The molecule has 3 heterocycles. The van der Waals surface area contributed by atoms with Gasteiger partial charge in [0.25, 0.3) is 0 Å². The highest BCUT2D eigenvalue weighted by Crippen LogP contribution is 2.26. The molecule has 1 N–H and O–H groups in total. The summed E-state index contributed by atoms with van der Waals surface area (Å²) in [6.07, 6.45) is 5.53. The van der Waals surface area contributed by atoms with Crippen molar-refractivity contribution in [3.8, 4) is 0 Å². The second-order valence-electron chi connectivity index (χ2n) is 5.67. The fourth-order valence-corrected chi connectivity index (χ4v) is 2.99. The summed E-state index contributed by atoms with van der Waals surface area (Å²) < 4.78 is 6.92.